The molecule has 2 amide bonds. The fourth-order valence-corrected chi connectivity index (χ4v) is 1.30. The van der Waals surface area contributed by atoms with E-state index in [1.54, 1.807) is 20.8 Å². The third-order valence-electron chi connectivity index (χ3n) is 1.95. The van der Waals surface area contributed by atoms with E-state index in [4.69, 9.17) is 5.11 Å². The number of anilines is 1. The van der Waals surface area contributed by atoms with Gasteiger partial charge in [-0.1, -0.05) is 0 Å². The molecule has 1 aromatic carbocycles. The number of rotatable bonds is 2. The van der Waals surface area contributed by atoms with Crippen LogP contribution in [-0.2, 0) is 0 Å². The van der Waals surface area contributed by atoms with Gasteiger partial charge in [0, 0.05) is 5.54 Å². The fourth-order valence-electron chi connectivity index (χ4n) is 1.30. The number of carbonyl (C=O) groups is 2. The van der Waals surface area contributed by atoms with Crippen molar-refractivity contribution < 1.29 is 19.1 Å². The first kappa shape index (κ1) is 14.0. The van der Waals surface area contributed by atoms with Gasteiger partial charge in [-0.3, -0.25) is 0 Å². The number of urea groups is 1. The highest BCUT2D eigenvalue weighted by Crippen LogP contribution is 2.17. The second-order valence-electron chi connectivity index (χ2n) is 4.82. The van der Waals surface area contributed by atoms with Gasteiger partial charge in [-0.15, -0.1) is 0 Å². The molecule has 0 bridgehead atoms. The maximum atomic E-state index is 13.0. The van der Waals surface area contributed by atoms with Gasteiger partial charge in [0.1, 0.15) is 5.82 Å². The quantitative estimate of drug-likeness (QED) is 0.758. The summed E-state index contributed by atoms with van der Waals surface area (Å²) < 4.78 is 13.0. The highest BCUT2D eigenvalue weighted by atomic mass is 19.1. The molecule has 1 aromatic rings. The highest BCUT2D eigenvalue weighted by molar-refractivity contribution is 6.00. The largest absolute Gasteiger partial charge is 0.478 e. The summed E-state index contributed by atoms with van der Waals surface area (Å²) in [6.45, 7) is 5.32. The molecule has 0 aliphatic carbocycles. The highest BCUT2D eigenvalue weighted by Gasteiger charge is 2.17. The summed E-state index contributed by atoms with van der Waals surface area (Å²) in [6, 6.07) is 2.50. The maximum absolute atomic E-state index is 13.0. The number of hydrogen-bond donors (Lipinski definition) is 3. The lowest BCUT2D eigenvalue weighted by Gasteiger charge is -2.21. The van der Waals surface area contributed by atoms with Crippen molar-refractivity contribution in [1.82, 2.24) is 5.32 Å². The third-order valence-corrected chi connectivity index (χ3v) is 1.95. The van der Waals surface area contributed by atoms with Gasteiger partial charge in [0.05, 0.1) is 11.3 Å². The smallest absolute Gasteiger partial charge is 0.337 e. The number of nitrogens with one attached hydrogen (secondary N) is 2. The molecule has 1 rings (SSSR count). The van der Waals surface area contributed by atoms with Crippen molar-refractivity contribution in [3.8, 4) is 0 Å². The van der Waals surface area contributed by atoms with Crippen molar-refractivity contribution >= 4 is 17.7 Å². The van der Waals surface area contributed by atoms with E-state index in [2.05, 4.69) is 10.6 Å². The second-order valence-corrected chi connectivity index (χ2v) is 4.82. The lowest BCUT2D eigenvalue weighted by molar-refractivity contribution is 0.0698. The van der Waals surface area contributed by atoms with Crippen molar-refractivity contribution in [2.45, 2.75) is 26.3 Å². The number of carboxylic acids is 1. The van der Waals surface area contributed by atoms with E-state index < -0.39 is 23.4 Å². The van der Waals surface area contributed by atoms with Gasteiger partial charge in [-0.2, -0.15) is 0 Å². The number of carboxylic acid groups (broad SMARTS) is 1. The molecule has 0 heterocycles. The van der Waals surface area contributed by atoms with E-state index in [0.717, 1.165) is 18.2 Å². The molecule has 3 N–H and O–H groups in total. The maximum Gasteiger partial charge on any atom is 0.337 e. The fraction of sp³-hybridized carbons (Fsp3) is 0.333. The Balaban J connectivity index is 2.93. The zero-order valence-electron chi connectivity index (χ0n) is 10.4. The number of carbonyl (C=O) groups excluding carboxylic acids is 1. The second kappa shape index (κ2) is 5.03. The minimum Gasteiger partial charge on any atom is -0.478 e. The first-order chi connectivity index (χ1) is 8.19. The number of halogens is 1. The first-order valence-electron chi connectivity index (χ1n) is 5.31. The van der Waals surface area contributed by atoms with Crippen LogP contribution in [0.2, 0.25) is 0 Å². The summed E-state index contributed by atoms with van der Waals surface area (Å²) in [5.74, 6) is -1.85. The molecule has 0 unspecified atom stereocenters. The summed E-state index contributed by atoms with van der Waals surface area (Å²) in [5.41, 5.74) is -0.717. The van der Waals surface area contributed by atoms with Crippen molar-refractivity contribution in [2.24, 2.45) is 0 Å². The van der Waals surface area contributed by atoms with E-state index in [-0.39, 0.29) is 11.3 Å². The predicted octanol–water partition coefficient (Wildman–Crippen LogP) is 2.44. The van der Waals surface area contributed by atoms with Gasteiger partial charge in [-0.25, -0.2) is 14.0 Å². The van der Waals surface area contributed by atoms with Gasteiger partial charge in [-0.05, 0) is 39.0 Å². The Morgan fingerprint density at radius 3 is 2.39 bits per heavy atom. The van der Waals surface area contributed by atoms with E-state index >= 15 is 0 Å². The predicted molar refractivity (Wildman–Crippen MR) is 65.3 cm³/mol. The Kier molecular flexibility index (Phi) is 3.90. The summed E-state index contributed by atoms with van der Waals surface area (Å²) in [5, 5.41) is 13.8. The number of benzene rings is 1. The standard InChI is InChI=1S/C12H15FN2O3/c1-12(2,3)15-11(18)14-9-6-7(13)4-5-8(9)10(16)17/h4-6H,1-3H3,(H,16,17)(H2,14,15,18). The molecule has 0 aliphatic rings. The minimum absolute atomic E-state index is 0.0794. The molecule has 0 aliphatic heterocycles. The lowest BCUT2D eigenvalue weighted by Crippen LogP contribution is -2.43. The monoisotopic (exact) mass is 254 g/mol. The Hall–Kier alpha value is -2.11. The first-order valence-corrected chi connectivity index (χ1v) is 5.31. The van der Waals surface area contributed by atoms with Gasteiger partial charge < -0.3 is 15.7 Å². The van der Waals surface area contributed by atoms with Crippen LogP contribution < -0.4 is 10.6 Å². The average Bonchev–Trinajstić information content (AvgIpc) is 2.13. The van der Waals surface area contributed by atoms with Crippen LogP contribution in [0, 0.1) is 5.82 Å². The van der Waals surface area contributed by atoms with Crippen molar-refractivity contribution in [1.29, 1.82) is 0 Å². The number of aromatic carboxylic acids is 1. The van der Waals surface area contributed by atoms with Gasteiger partial charge in [0.15, 0.2) is 0 Å². The Bertz CT molecular complexity index is 481. The molecule has 0 spiro atoms. The molecule has 6 heteroatoms. The molecule has 0 atom stereocenters. The lowest BCUT2D eigenvalue weighted by atomic mass is 10.1. The summed E-state index contributed by atoms with van der Waals surface area (Å²) >= 11 is 0. The van der Waals surface area contributed by atoms with E-state index in [9.17, 15) is 14.0 Å². The summed E-state index contributed by atoms with van der Waals surface area (Å²) in [6.07, 6.45) is 0. The van der Waals surface area contributed by atoms with Gasteiger partial charge >= 0.3 is 12.0 Å². The van der Waals surface area contributed by atoms with Gasteiger partial charge in [0.25, 0.3) is 0 Å². The topological polar surface area (TPSA) is 78.4 Å². The molecule has 0 radical (unpaired) electrons. The van der Waals surface area contributed by atoms with Crippen molar-refractivity contribution in [3.05, 3.63) is 29.6 Å². The van der Waals surface area contributed by atoms with Crippen LogP contribution in [0.5, 0.6) is 0 Å². The van der Waals surface area contributed by atoms with E-state index in [0.29, 0.717) is 0 Å². The number of hydrogen-bond acceptors (Lipinski definition) is 2. The normalized spacial score (nSPS) is 10.9. The molecule has 5 nitrogen and oxygen atoms in total. The molecule has 0 saturated carbocycles. The molecule has 0 fully saturated rings. The van der Waals surface area contributed by atoms with E-state index in [1.807, 2.05) is 0 Å². The number of amides is 2. The van der Waals surface area contributed by atoms with Crippen LogP contribution in [0.1, 0.15) is 31.1 Å². The van der Waals surface area contributed by atoms with Crippen LogP contribution in [0.3, 0.4) is 0 Å². The van der Waals surface area contributed by atoms with Crippen LogP contribution in [0.4, 0.5) is 14.9 Å². The molecule has 0 saturated heterocycles. The van der Waals surface area contributed by atoms with Crippen LogP contribution >= 0.6 is 0 Å². The molecule has 98 valence electrons. The van der Waals surface area contributed by atoms with Crippen LogP contribution in [-0.4, -0.2) is 22.6 Å². The Labute approximate surface area is 104 Å². The van der Waals surface area contributed by atoms with Crippen LogP contribution in [0.25, 0.3) is 0 Å². The van der Waals surface area contributed by atoms with Crippen molar-refractivity contribution in [2.75, 3.05) is 5.32 Å². The summed E-state index contributed by atoms with van der Waals surface area (Å²) in [7, 11) is 0. The summed E-state index contributed by atoms with van der Waals surface area (Å²) in [4.78, 5) is 22.5. The zero-order valence-corrected chi connectivity index (χ0v) is 10.4. The van der Waals surface area contributed by atoms with Crippen LogP contribution in [0.15, 0.2) is 18.2 Å². The minimum atomic E-state index is -1.24. The molecular weight excluding hydrogens is 239 g/mol. The average molecular weight is 254 g/mol. The SMILES string of the molecule is CC(C)(C)NC(=O)Nc1cc(F)ccc1C(=O)O. The zero-order chi connectivity index (χ0) is 13.9. The van der Waals surface area contributed by atoms with Gasteiger partial charge in [0.2, 0.25) is 0 Å². The van der Waals surface area contributed by atoms with E-state index in [1.165, 1.54) is 0 Å². The molecule has 0 aromatic heterocycles. The molecular formula is C12H15FN2O3. The Morgan fingerprint density at radius 2 is 1.89 bits per heavy atom. The Morgan fingerprint density at radius 1 is 1.28 bits per heavy atom. The third kappa shape index (κ3) is 4.04. The molecule has 18 heavy (non-hydrogen) atoms. The van der Waals surface area contributed by atoms with Crippen molar-refractivity contribution in [3.63, 3.8) is 0 Å².